The number of rotatable bonds is 6. The Bertz CT molecular complexity index is 1270. The van der Waals surface area contributed by atoms with Crippen LogP contribution in [-0.4, -0.2) is 48.3 Å². The van der Waals surface area contributed by atoms with Crippen LogP contribution >= 0.6 is 0 Å². The third-order valence-corrected chi connectivity index (χ3v) is 4.91. The molecule has 2 heterocycles. The zero-order chi connectivity index (χ0) is 22.7. The van der Waals surface area contributed by atoms with Crippen LogP contribution < -0.4 is 15.9 Å². The van der Waals surface area contributed by atoms with Crippen LogP contribution in [0.1, 0.15) is 33.8 Å². The highest BCUT2D eigenvalue weighted by Crippen LogP contribution is 2.33. The highest BCUT2D eigenvalue weighted by Gasteiger charge is 2.30. The highest BCUT2D eigenvalue weighted by molar-refractivity contribution is 5.92. The number of hydrogen-bond acceptors (Lipinski definition) is 8. The number of nitrogens with one attached hydrogen (secondary N) is 2. The number of H-pyrrole nitrogens is 2. The van der Waals surface area contributed by atoms with E-state index >= 15 is 0 Å². The average molecular weight is 428 g/mol. The lowest BCUT2D eigenvalue weighted by Gasteiger charge is -2.18. The van der Waals surface area contributed by atoms with E-state index in [2.05, 4.69) is 14.7 Å². The number of carbonyl (C=O) groups is 2. The quantitative estimate of drug-likeness (QED) is 0.499. The predicted molar refractivity (Wildman–Crippen MR) is 110 cm³/mol. The molecule has 0 aliphatic rings. The summed E-state index contributed by atoms with van der Waals surface area (Å²) in [5.41, 5.74) is -1.48. The number of aromatic amines is 2. The van der Waals surface area contributed by atoms with Gasteiger partial charge in [-0.25, -0.2) is 4.79 Å². The normalized spacial score (nSPS) is 11.7. The monoisotopic (exact) mass is 428 g/mol. The first-order valence-corrected chi connectivity index (χ1v) is 9.11. The van der Waals surface area contributed by atoms with E-state index in [1.807, 2.05) is 0 Å². The Labute approximate surface area is 175 Å². The molecule has 3 rings (SSSR count). The summed E-state index contributed by atoms with van der Waals surface area (Å²) in [6.07, 6.45) is 0.571. The summed E-state index contributed by atoms with van der Waals surface area (Å²) >= 11 is 0. The third-order valence-electron chi connectivity index (χ3n) is 4.91. The number of ether oxygens (including phenoxy) is 3. The molecule has 0 aliphatic carbocycles. The lowest BCUT2D eigenvalue weighted by molar-refractivity contribution is -0.140. The zero-order valence-electron chi connectivity index (χ0n) is 17.0. The van der Waals surface area contributed by atoms with Gasteiger partial charge in [-0.1, -0.05) is 0 Å². The van der Waals surface area contributed by atoms with E-state index in [9.17, 15) is 24.3 Å². The van der Waals surface area contributed by atoms with Crippen molar-refractivity contribution in [2.45, 2.75) is 12.3 Å². The number of fused-ring (bicyclic) bond motifs is 1. The second kappa shape index (κ2) is 8.74. The van der Waals surface area contributed by atoms with E-state index < -0.39 is 41.1 Å². The number of hydrogen-bond donors (Lipinski definition) is 3. The Morgan fingerprint density at radius 3 is 2.45 bits per heavy atom. The van der Waals surface area contributed by atoms with Crippen molar-refractivity contribution in [3.05, 3.63) is 67.9 Å². The topological polar surface area (TPSA) is 148 Å². The molecule has 3 N–H and O–H groups in total. The van der Waals surface area contributed by atoms with Crippen LogP contribution in [0.2, 0.25) is 0 Å². The van der Waals surface area contributed by atoms with E-state index in [1.165, 1.54) is 13.2 Å². The van der Waals surface area contributed by atoms with E-state index in [0.717, 1.165) is 20.4 Å². The molecule has 0 bridgehead atoms. The number of carbonyl (C=O) groups excluding carboxylic acids is 2. The first kappa shape index (κ1) is 21.6. The van der Waals surface area contributed by atoms with E-state index in [4.69, 9.17) is 9.47 Å². The van der Waals surface area contributed by atoms with Crippen LogP contribution in [0.4, 0.5) is 0 Å². The summed E-state index contributed by atoms with van der Waals surface area (Å²) in [4.78, 5) is 54.6. The van der Waals surface area contributed by atoms with Gasteiger partial charge in [0.25, 0.3) is 11.1 Å². The number of methoxy groups -OCH3 is 3. The van der Waals surface area contributed by atoms with Gasteiger partial charge in [0.2, 0.25) is 0 Å². The summed E-state index contributed by atoms with van der Waals surface area (Å²) < 4.78 is 14.5. The van der Waals surface area contributed by atoms with Gasteiger partial charge in [0.1, 0.15) is 17.1 Å². The first-order valence-electron chi connectivity index (χ1n) is 9.11. The molecule has 3 aromatic rings. The molecule has 0 saturated heterocycles. The molecule has 1 aromatic carbocycles. The number of esters is 2. The van der Waals surface area contributed by atoms with Crippen molar-refractivity contribution < 1.29 is 28.9 Å². The largest absolute Gasteiger partial charge is 0.506 e. The molecule has 31 heavy (non-hydrogen) atoms. The molecule has 1 atom stereocenters. The fourth-order valence-electron chi connectivity index (χ4n) is 3.33. The average Bonchev–Trinajstić information content (AvgIpc) is 2.76. The molecule has 0 aliphatic heterocycles. The minimum Gasteiger partial charge on any atom is -0.506 e. The Balaban J connectivity index is 2.28. The number of pyridine rings is 2. The van der Waals surface area contributed by atoms with Crippen LogP contribution in [-0.2, 0) is 14.3 Å². The lowest BCUT2D eigenvalue weighted by Crippen LogP contribution is -2.26. The van der Waals surface area contributed by atoms with Crippen LogP contribution in [0.25, 0.3) is 10.9 Å². The van der Waals surface area contributed by atoms with Gasteiger partial charge in [0, 0.05) is 23.7 Å². The molecule has 0 fully saturated rings. The van der Waals surface area contributed by atoms with Gasteiger partial charge in [0.15, 0.2) is 0 Å². The molecule has 0 radical (unpaired) electrons. The van der Waals surface area contributed by atoms with Gasteiger partial charge in [-0.15, -0.1) is 0 Å². The van der Waals surface area contributed by atoms with Crippen molar-refractivity contribution in [2.24, 2.45) is 0 Å². The lowest BCUT2D eigenvalue weighted by atomic mass is 9.88. The van der Waals surface area contributed by atoms with Crippen LogP contribution in [0, 0.1) is 0 Å². The molecule has 0 spiro atoms. The van der Waals surface area contributed by atoms with Gasteiger partial charge >= 0.3 is 11.9 Å². The van der Waals surface area contributed by atoms with Crippen molar-refractivity contribution in [1.29, 1.82) is 0 Å². The summed E-state index contributed by atoms with van der Waals surface area (Å²) in [5, 5.41) is 11.3. The molecule has 10 heteroatoms. The molecule has 10 nitrogen and oxygen atoms in total. The minimum absolute atomic E-state index is 0.0332. The van der Waals surface area contributed by atoms with Gasteiger partial charge in [-0.05, 0) is 23.6 Å². The molecule has 0 amide bonds. The predicted octanol–water partition coefficient (Wildman–Crippen LogP) is 1.41. The van der Waals surface area contributed by atoms with Crippen molar-refractivity contribution in [1.82, 2.24) is 9.97 Å². The molecular weight excluding hydrogens is 408 g/mol. The fraction of sp³-hybridized carbons (Fsp3) is 0.238. The second-order valence-electron chi connectivity index (χ2n) is 6.63. The summed E-state index contributed by atoms with van der Waals surface area (Å²) in [5.74, 6) is -2.97. The maximum atomic E-state index is 12.9. The number of benzene rings is 1. The third kappa shape index (κ3) is 4.13. The number of aromatic nitrogens is 2. The Hall–Kier alpha value is -4.08. The number of aromatic hydroxyl groups is 1. The molecular formula is C21H20N2O8. The van der Waals surface area contributed by atoms with Gasteiger partial charge in [-0.2, -0.15) is 0 Å². The Kier molecular flexibility index (Phi) is 6.10. The Morgan fingerprint density at radius 2 is 1.81 bits per heavy atom. The van der Waals surface area contributed by atoms with E-state index in [-0.39, 0.29) is 16.7 Å². The Morgan fingerprint density at radius 1 is 1.06 bits per heavy atom. The highest BCUT2D eigenvalue weighted by atomic mass is 16.5. The summed E-state index contributed by atoms with van der Waals surface area (Å²) in [6.45, 7) is 0. The first-order chi connectivity index (χ1) is 14.8. The van der Waals surface area contributed by atoms with Gasteiger partial charge in [0.05, 0.1) is 38.8 Å². The van der Waals surface area contributed by atoms with Gasteiger partial charge in [-0.3, -0.25) is 14.4 Å². The van der Waals surface area contributed by atoms with Gasteiger partial charge < -0.3 is 29.3 Å². The standard InChI is InChI=1S/C21H20N2O8/c1-29-11-5-4-10-6-13(19(26)23-15(10)7-11)12(8-16(24)30-2)17-18(25)14(21(28)31-3)9-22-20(17)27/h4-7,9,12H,8H2,1-3H3,(H,23,26)(H2,22,25,27)/t12-/m0/s1. The van der Waals surface area contributed by atoms with Crippen molar-refractivity contribution in [3.63, 3.8) is 0 Å². The molecule has 0 unspecified atom stereocenters. The molecule has 162 valence electrons. The maximum Gasteiger partial charge on any atom is 0.343 e. The van der Waals surface area contributed by atoms with E-state index in [1.54, 1.807) is 18.2 Å². The zero-order valence-corrected chi connectivity index (χ0v) is 17.0. The minimum atomic E-state index is -1.20. The summed E-state index contributed by atoms with van der Waals surface area (Å²) in [6, 6.07) is 6.50. The fourth-order valence-corrected chi connectivity index (χ4v) is 3.33. The van der Waals surface area contributed by atoms with Crippen molar-refractivity contribution in [2.75, 3.05) is 21.3 Å². The van der Waals surface area contributed by atoms with E-state index in [0.29, 0.717) is 16.7 Å². The SMILES string of the molecule is COC(=O)C[C@@H](c1cc2ccc(OC)cc2[nH]c1=O)c1c(O)c(C(=O)OC)c[nH]c1=O. The second-order valence-corrected chi connectivity index (χ2v) is 6.63. The molecule has 2 aromatic heterocycles. The van der Waals surface area contributed by atoms with Crippen LogP contribution in [0.15, 0.2) is 40.1 Å². The van der Waals surface area contributed by atoms with Crippen molar-refractivity contribution >= 4 is 22.8 Å². The summed E-state index contributed by atoms with van der Waals surface area (Å²) in [7, 11) is 3.76. The van der Waals surface area contributed by atoms with Crippen LogP contribution in [0.5, 0.6) is 11.5 Å². The maximum absolute atomic E-state index is 12.9. The molecule has 0 saturated carbocycles. The van der Waals surface area contributed by atoms with Crippen LogP contribution in [0.3, 0.4) is 0 Å². The van der Waals surface area contributed by atoms with Crippen molar-refractivity contribution in [3.8, 4) is 11.5 Å². The smallest absolute Gasteiger partial charge is 0.343 e.